The molecular formula is C19H17NO5S2. The van der Waals surface area contributed by atoms with E-state index in [9.17, 15) is 13.2 Å². The number of anilines is 1. The summed E-state index contributed by atoms with van der Waals surface area (Å²) in [6.07, 6.45) is 0. The van der Waals surface area contributed by atoms with Gasteiger partial charge < -0.3 is 9.47 Å². The maximum Gasteiger partial charge on any atom is 0.340 e. The Morgan fingerprint density at radius 1 is 1.07 bits per heavy atom. The Labute approximate surface area is 161 Å². The molecule has 0 unspecified atom stereocenters. The number of benzene rings is 2. The van der Waals surface area contributed by atoms with Gasteiger partial charge in [-0.2, -0.15) is 0 Å². The lowest BCUT2D eigenvalue weighted by molar-refractivity contribution is 0.0601. The third kappa shape index (κ3) is 4.66. The molecule has 27 heavy (non-hydrogen) atoms. The fraction of sp³-hybridized carbons (Fsp3) is 0.105. The van der Waals surface area contributed by atoms with Crippen molar-refractivity contribution in [2.75, 3.05) is 11.8 Å². The van der Waals surface area contributed by atoms with Crippen LogP contribution in [0.1, 0.15) is 15.9 Å². The van der Waals surface area contributed by atoms with Crippen molar-refractivity contribution in [2.24, 2.45) is 0 Å². The molecule has 0 spiro atoms. The van der Waals surface area contributed by atoms with Crippen LogP contribution in [0.3, 0.4) is 0 Å². The highest BCUT2D eigenvalue weighted by atomic mass is 32.2. The van der Waals surface area contributed by atoms with Crippen LogP contribution < -0.4 is 9.46 Å². The lowest BCUT2D eigenvalue weighted by atomic mass is 10.1. The first-order valence-corrected chi connectivity index (χ1v) is 10.3. The Bertz CT molecular complexity index is 1020. The van der Waals surface area contributed by atoms with Gasteiger partial charge in [0, 0.05) is 0 Å². The second kappa shape index (κ2) is 8.24. The van der Waals surface area contributed by atoms with Crippen molar-refractivity contribution >= 4 is 33.0 Å². The summed E-state index contributed by atoms with van der Waals surface area (Å²) < 4.78 is 37.9. The number of hydrogen-bond donors (Lipinski definition) is 1. The normalized spacial score (nSPS) is 11.0. The van der Waals surface area contributed by atoms with Crippen LogP contribution in [0.15, 0.2) is 70.3 Å². The third-order valence-corrected chi connectivity index (χ3v) is 6.41. The first-order valence-electron chi connectivity index (χ1n) is 7.95. The summed E-state index contributed by atoms with van der Waals surface area (Å²) in [5.41, 5.74) is 1.17. The lowest BCUT2D eigenvalue weighted by Crippen LogP contribution is -2.15. The first kappa shape index (κ1) is 18.9. The van der Waals surface area contributed by atoms with E-state index in [4.69, 9.17) is 9.47 Å². The minimum absolute atomic E-state index is 0.0724. The molecule has 3 rings (SSSR count). The molecular weight excluding hydrogens is 386 g/mol. The largest absolute Gasteiger partial charge is 0.489 e. The number of carbonyl (C=O) groups excluding carboxylic acids is 1. The number of carbonyl (C=O) groups is 1. The number of nitrogens with one attached hydrogen (secondary N) is 1. The van der Waals surface area contributed by atoms with Crippen LogP contribution in [0.25, 0.3) is 0 Å². The first-order chi connectivity index (χ1) is 13.0. The molecule has 2 aromatic carbocycles. The minimum Gasteiger partial charge on any atom is -0.489 e. The van der Waals surface area contributed by atoms with Crippen LogP contribution in [-0.2, 0) is 21.4 Å². The topological polar surface area (TPSA) is 81.7 Å². The predicted octanol–water partition coefficient (Wildman–Crippen LogP) is 3.91. The van der Waals surface area contributed by atoms with E-state index in [1.807, 2.05) is 30.3 Å². The van der Waals surface area contributed by atoms with Crippen molar-refractivity contribution in [2.45, 2.75) is 10.8 Å². The smallest absolute Gasteiger partial charge is 0.340 e. The van der Waals surface area contributed by atoms with Crippen LogP contribution in [0, 0.1) is 0 Å². The van der Waals surface area contributed by atoms with Gasteiger partial charge in [-0.3, -0.25) is 4.72 Å². The van der Waals surface area contributed by atoms with Crippen molar-refractivity contribution in [3.8, 4) is 5.75 Å². The molecule has 140 valence electrons. The average molecular weight is 403 g/mol. The van der Waals surface area contributed by atoms with Crippen LogP contribution in [0.4, 0.5) is 5.69 Å². The van der Waals surface area contributed by atoms with Crippen LogP contribution in [-0.4, -0.2) is 21.5 Å². The van der Waals surface area contributed by atoms with Crippen molar-refractivity contribution < 1.29 is 22.7 Å². The lowest BCUT2D eigenvalue weighted by Gasteiger charge is -2.13. The quantitative estimate of drug-likeness (QED) is 0.605. The van der Waals surface area contributed by atoms with E-state index in [0.29, 0.717) is 12.4 Å². The highest BCUT2D eigenvalue weighted by Crippen LogP contribution is 2.27. The van der Waals surface area contributed by atoms with E-state index in [1.54, 1.807) is 17.5 Å². The zero-order valence-corrected chi connectivity index (χ0v) is 16.0. The van der Waals surface area contributed by atoms with Crippen molar-refractivity contribution in [3.05, 3.63) is 77.2 Å². The number of sulfonamides is 1. The van der Waals surface area contributed by atoms with Gasteiger partial charge in [-0.15, -0.1) is 11.3 Å². The third-order valence-electron chi connectivity index (χ3n) is 3.65. The van der Waals surface area contributed by atoms with Crippen LogP contribution in [0.5, 0.6) is 5.75 Å². The van der Waals surface area contributed by atoms with E-state index in [0.717, 1.165) is 16.9 Å². The summed E-state index contributed by atoms with van der Waals surface area (Å²) in [7, 11) is -2.55. The molecule has 0 fully saturated rings. The number of esters is 1. The van der Waals surface area contributed by atoms with Gasteiger partial charge in [0.05, 0.1) is 18.4 Å². The van der Waals surface area contributed by atoms with E-state index < -0.39 is 16.0 Å². The summed E-state index contributed by atoms with van der Waals surface area (Å²) in [5.74, 6) is -0.234. The molecule has 0 saturated carbocycles. The molecule has 1 aromatic heterocycles. The van der Waals surface area contributed by atoms with Gasteiger partial charge in [-0.25, -0.2) is 13.2 Å². The van der Waals surface area contributed by atoms with E-state index in [2.05, 4.69) is 4.72 Å². The molecule has 0 aliphatic heterocycles. The maximum absolute atomic E-state index is 12.4. The summed E-state index contributed by atoms with van der Waals surface area (Å²) in [6.45, 7) is 0.321. The monoisotopic (exact) mass is 403 g/mol. The molecule has 0 saturated heterocycles. The second-order valence-electron chi connectivity index (χ2n) is 5.51. The molecule has 1 heterocycles. The Morgan fingerprint density at radius 2 is 1.85 bits per heavy atom. The predicted molar refractivity (Wildman–Crippen MR) is 104 cm³/mol. The van der Waals surface area contributed by atoms with Crippen molar-refractivity contribution in [3.63, 3.8) is 0 Å². The Hall–Kier alpha value is -2.84. The molecule has 3 aromatic rings. The zero-order chi connectivity index (χ0) is 19.3. The SMILES string of the molecule is COC(=O)c1cc(OCc2ccccc2)ccc1NS(=O)(=O)c1cccs1. The number of methoxy groups -OCH3 is 1. The molecule has 0 aliphatic carbocycles. The highest BCUT2D eigenvalue weighted by Gasteiger charge is 2.20. The van der Waals surface area contributed by atoms with Gasteiger partial charge in [-0.1, -0.05) is 36.4 Å². The summed E-state index contributed by atoms with van der Waals surface area (Å²) in [5, 5.41) is 1.66. The molecule has 1 N–H and O–H groups in total. The fourth-order valence-electron chi connectivity index (χ4n) is 2.33. The Morgan fingerprint density at radius 3 is 2.52 bits per heavy atom. The van der Waals surface area contributed by atoms with Gasteiger partial charge in [0.1, 0.15) is 16.6 Å². The van der Waals surface area contributed by atoms with E-state index in [1.165, 1.54) is 25.3 Å². The van der Waals surface area contributed by atoms with E-state index >= 15 is 0 Å². The molecule has 6 nitrogen and oxygen atoms in total. The van der Waals surface area contributed by atoms with Gasteiger partial charge in [-0.05, 0) is 35.2 Å². The Balaban J connectivity index is 1.85. The molecule has 0 bridgehead atoms. The summed E-state index contributed by atoms with van der Waals surface area (Å²) in [6, 6.07) is 17.2. The fourth-order valence-corrected chi connectivity index (χ4v) is 4.41. The molecule has 0 atom stereocenters. The second-order valence-corrected chi connectivity index (χ2v) is 8.37. The van der Waals surface area contributed by atoms with Crippen LogP contribution >= 0.6 is 11.3 Å². The molecule has 8 heteroatoms. The van der Waals surface area contributed by atoms with E-state index in [-0.39, 0.29) is 15.5 Å². The Kier molecular flexibility index (Phi) is 5.78. The highest BCUT2D eigenvalue weighted by molar-refractivity contribution is 7.94. The number of rotatable bonds is 7. The van der Waals surface area contributed by atoms with Crippen molar-refractivity contribution in [1.29, 1.82) is 0 Å². The van der Waals surface area contributed by atoms with Crippen LogP contribution in [0.2, 0.25) is 0 Å². The van der Waals surface area contributed by atoms with Gasteiger partial charge in [0.25, 0.3) is 10.0 Å². The number of hydrogen-bond acceptors (Lipinski definition) is 6. The summed E-state index contributed by atoms with van der Waals surface area (Å²) in [4.78, 5) is 12.1. The minimum atomic E-state index is -3.78. The van der Waals surface area contributed by atoms with Gasteiger partial charge in [0.15, 0.2) is 0 Å². The molecule has 0 aliphatic rings. The molecule has 0 amide bonds. The molecule has 0 radical (unpaired) electrons. The maximum atomic E-state index is 12.4. The standard InChI is InChI=1S/C19H17NO5S2/c1-24-19(21)16-12-15(25-13-14-6-3-2-4-7-14)9-10-17(16)20-27(22,23)18-8-5-11-26-18/h2-12,20H,13H2,1H3. The average Bonchev–Trinajstić information content (AvgIpc) is 3.23. The number of ether oxygens (including phenoxy) is 2. The number of thiophene rings is 1. The van der Waals surface area contributed by atoms with Gasteiger partial charge >= 0.3 is 5.97 Å². The zero-order valence-electron chi connectivity index (χ0n) is 14.4. The summed E-state index contributed by atoms with van der Waals surface area (Å²) >= 11 is 1.09. The van der Waals surface area contributed by atoms with Crippen molar-refractivity contribution in [1.82, 2.24) is 0 Å². The van der Waals surface area contributed by atoms with Gasteiger partial charge in [0.2, 0.25) is 0 Å².